The molecule has 0 aromatic heterocycles. The smallest absolute Gasteiger partial charge is 0.315 e. The largest absolute Gasteiger partial charge is 0.378 e. The first kappa shape index (κ1) is 23.0. The van der Waals surface area contributed by atoms with Crippen LogP contribution in [0.3, 0.4) is 0 Å². The number of carbonyl (C=O) groups is 3. The van der Waals surface area contributed by atoms with Crippen LogP contribution in [0.1, 0.15) is 29.8 Å². The number of nitrogens with one attached hydrogen (secondary N) is 2. The van der Waals surface area contributed by atoms with E-state index >= 15 is 0 Å². The van der Waals surface area contributed by atoms with Gasteiger partial charge in [-0.25, -0.2) is 4.79 Å². The highest BCUT2D eigenvalue weighted by Gasteiger charge is 2.25. The van der Waals surface area contributed by atoms with Gasteiger partial charge < -0.3 is 25.2 Å². The maximum atomic E-state index is 12.8. The van der Waals surface area contributed by atoms with Crippen LogP contribution in [-0.4, -0.2) is 97.6 Å². The standard InChI is InChI=1S/C22H33N5O4/c1-17(2)24-22(30)23-15-18-3-5-19(6-4-18)21(29)27-9-7-25(8-10-27)16-20(28)26-11-13-31-14-12-26/h3-6,17H,7-16H2,1-2H3,(H2,23,24,30). The Kier molecular flexibility index (Phi) is 8.25. The maximum Gasteiger partial charge on any atom is 0.315 e. The fraction of sp³-hybridized carbons (Fsp3) is 0.591. The number of rotatable bonds is 6. The molecule has 2 fully saturated rings. The van der Waals surface area contributed by atoms with Gasteiger partial charge in [-0.3, -0.25) is 14.5 Å². The summed E-state index contributed by atoms with van der Waals surface area (Å²) in [6, 6.07) is 7.19. The molecule has 0 bridgehead atoms. The van der Waals surface area contributed by atoms with Crippen molar-refractivity contribution in [2.24, 2.45) is 0 Å². The van der Waals surface area contributed by atoms with E-state index in [0.717, 1.165) is 5.56 Å². The van der Waals surface area contributed by atoms with Crippen molar-refractivity contribution in [2.75, 3.05) is 59.0 Å². The van der Waals surface area contributed by atoms with Crippen molar-refractivity contribution in [3.63, 3.8) is 0 Å². The molecule has 0 unspecified atom stereocenters. The molecule has 0 atom stereocenters. The quantitative estimate of drug-likeness (QED) is 0.685. The Morgan fingerprint density at radius 2 is 1.58 bits per heavy atom. The van der Waals surface area contributed by atoms with E-state index in [2.05, 4.69) is 15.5 Å². The van der Waals surface area contributed by atoms with Crippen LogP contribution < -0.4 is 10.6 Å². The molecule has 0 spiro atoms. The summed E-state index contributed by atoms with van der Waals surface area (Å²) >= 11 is 0. The van der Waals surface area contributed by atoms with Crippen molar-refractivity contribution in [2.45, 2.75) is 26.4 Å². The number of amides is 4. The lowest BCUT2D eigenvalue weighted by molar-refractivity contribution is -0.136. The fourth-order valence-corrected chi connectivity index (χ4v) is 3.66. The van der Waals surface area contributed by atoms with E-state index in [1.54, 1.807) is 12.1 Å². The molecule has 9 heteroatoms. The van der Waals surface area contributed by atoms with Crippen LogP contribution >= 0.6 is 0 Å². The highest BCUT2D eigenvalue weighted by atomic mass is 16.5. The molecule has 2 N–H and O–H groups in total. The Balaban J connectivity index is 1.42. The van der Waals surface area contributed by atoms with E-state index in [1.165, 1.54) is 0 Å². The number of hydrogen-bond acceptors (Lipinski definition) is 5. The minimum Gasteiger partial charge on any atom is -0.378 e. The van der Waals surface area contributed by atoms with Gasteiger partial charge in [-0.2, -0.15) is 0 Å². The van der Waals surface area contributed by atoms with Crippen LogP contribution in [0, 0.1) is 0 Å². The number of piperazine rings is 1. The predicted molar refractivity (Wildman–Crippen MR) is 117 cm³/mol. The summed E-state index contributed by atoms with van der Waals surface area (Å²) in [6.07, 6.45) is 0. The lowest BCUT2D eigenvalue weighted by Gasteiger charge is -2.36. The van der Waals surface area contributed by atoms with E-state index in [0.29, 0.717) is 71.1 Å². The second-order valence-corrected chi connectivity index (χ2v) is 8.24. The van der Waals surface area contributed by atoms with Gasteiger partial charge >= 0.3 is 6.03 Å². The van der Waals surface area contributed by atoms with Crippen molar-refractivity contribution in [1.82, 2.24) is 25.3 Å². The van der Waals surface area contributed by atoms with Crippen molar-refractivity contribution >= 4 is 17.8 Å². The summed E-state index contributed by atoms with van der Waals surface area (Å²) in [5, 5.41) is 5.57. The Labute approximate surface area is 183 Å². The number of nitrogens with zero attached hydrogens (tertiary/aromatic N) is 3. The zero-order valence-electron chi connectivity index (χ0n) is 18.4. The van der Waals surface area contributed by atoms with Crippen LogP contribution in [-0.2, 0) is 16.1 Å². The van der Waals surface area contributed by atoms with E-state index in [4.69, 9.17) is 4.74 Å². The monoisotopic (exact) mass is 431 g/mol. The minimum atomic E-state index is -0.208. The number of urea groups is 1. The first-order chi connectivity index (χ1) is 14.9. The van der Waals surface area contributed by atoms with Crippen molar-refractivity contribution in [3.05, 3.63) is 35.4 Å². The molecule has 0 aliphatic carbocycles. The number of ether oxygens (including phenoxy) is 1. The van der Waals surface area contributed by atoms with Gasteiger partial charge in [-0.05, 0) is 31.5 Å². The molecule has 0 saturated carbocycles. The van der Waals surface area contributed by atoms with Crippen LogP contribution in [0.2, 0.25) is 0 Å². The van der Waals surface area contributed by atoms with Crippen LogP contribution in [0.5, 0.6) is 0 Å². The highest BCUT2D eigenvalue weighted by molar-refractivity contribution is 5.94. The SMILES string of the molecule is CC(C)NC(=O)NCc1ccc(C(=O)N2CCN(CC(=O)N3CCOCC3)CC2)cc1. The summed E-state index contributed by atoms with van der Waals surface area (Å²) < 4.78 is 5.29. The Morgan fingerprint density at radius 3 is 2.19 bits per heavy atom. The van der Waals surface area contributed by atoms with Gasteiger partial charge in [0.1, 0.15) is 0 Å². The average Bonchev–Trinajstić information content (AvgIpc) is 2.78. The second-order valence-electron chi connectivity index (χ2n) is 8.24. The van der Waals surface area contributed by atoms with Gasteiger partial charge in [0.15, 0.2) is 0 Å². The Hall–Kier alpha value is -2.65. The van der Waals surface area contributed by atoms with Gasteiger partial charge in [-0.15, -0.1) is 0 Å². The number of carbonyl (C=O) groups excluding carboxylic acids is 3. The molecular formula is C22H33N5O4. The van der Waals surface area contributed by atoms with Crippen molar-refractivity contribution < 1.29 is 19.1 Å². The third kappa shape index (κ3) is 6.93. The van der Waals surface area contributed by atoms with E-state index in [-0.39, 0.29) is 23.9 Å². The summed E-state index contributed by atoms with van der Waals surface area (Å²) in [7, 11) is 0. The van der Waals surface area contributed by atoms with E-state index < -0.39 is 0 Å². The van der Waals surface area contributed by atoms with Crippen LogP contribution in [0.15, 0.2) is 24.3 Å². The van der Waals surface area contributed by atoms with Crippen molar-refractivity contribution in [3.8, 4) is 0 Å². The first-order valence-electron chi connectivity index (χ1n) is 10.9. The summed E-state index contributed by atoms with van der Waals surface area (Å²) in [5.41, 5.74) is 1.56. The molecule has 170 valence electrons. The molecule has 0 radical (unpaired) electrons. The molecule has 2 saturated heterocycles. The van der Waals surface area contributed by atoms with E-state index in [1.807, 2.05) is 35.8 Å². The third-order valence-electron chi connectivity index (χ3n) is 5.46. The van der Waals surface area contributed by atoms with Gasteiger partial charge in [0, 0.05) is 57.4 Å². The average molecular weight is 432 g/mol. The highest BCUT2D eigenvalue weighted by Crippen LogP contribution is 2.11. The van der Waals surface area contributed by atoms with Crippen molar-refractivity contribution in [1.29, 1.82) is 0 Å². The molecule has 2 aliphatic rings. The molecule has 2 heterocycles. The zero-order chi connectivity index (χ0) is 22.2. The lowest BCUT2D eigenvalue weighted by atomic mass is 10.1. The molecule has 2 aliphatic heterocycles. The second kappa shape index (κ2) is 11.1. The molecular weight excluding hydrogens is 398 g/mol. The van der Waals surface area contributed by atoms with Gasteiger partial charge in [0.2, 0.25) is 5.91 Å². The molecule has 1 aromatic rings. The van der Waals surface area contributed by atoms with Gasteiger partial charge in [0.25, 0.3) is 5.91 Å². The summed E-state index contributed by atoms with van der Waals surface area (Å²) in [4.78, 5) is 42.7. The third-order valence-corrected chi connectivity index (χ3v) is 5.46. The Bertz CT molecular complexity index is 754. The van der Waals surface area contributed by atoms with E-state index in [9.17, 15) is 14.4 Å². The number of morpholine rings is 1. The summed E-state index contributed by atoms with van der Waals surface area (Å²) in [6.45, 7) is 9.73. The zero-order valence-corrected chi connectivity index (χ0v) is 18.4. The fourth-order valence-electron chi connectivity index (χ4n) is 3.66. The molecule has 9 nitrogen and oxygen atoms in total. The molecule has 4 amide bonds. The first-order valence-corrected chi connectivity index (χ1v) is 10.9. The minimum absolute atomic E-state index is 0.00350. The van der Waals surface area contributed by atoms with Crippen LogP contribution in [0.25, 0.3) is 0 Å². The molecule has 31 heavy (non-hydrogen) atoms. The lowest BCUT2D eigenvalue weighted by Crippen LogP contribution is -2.52. The maximum absolute atomic E-state index is 12.8. The predicted octanol–water partition coefficient (Wildman–Crippen LogP) is 0.511. The normalized spacial score (nSPS) is 17.5. The molecule has 1 aromatic carbocycles. The number of hydrogen-bond donors (Lipinski definition) is 2. The van der Waals surface area contributed by atoms with Crippen LogP contribution in [0.4, 0.5) is 4.79 Å². The van der Waals surface area contributed by atoms with Gasteiger partial charge in [0.05, 0.1) is 19.8 Å². The van der Waals surface area contributed by atoms with Gasteiger partial charge in [-0.1, -0.05) is 12.1 Å². The Morgan fingerprint density at radius 1 is 0.935 bits per heavy atom. The number of benzene rings is 1. The molecule has 3 rings (SSSR count). The summed E-state index contributed by atoms with van der Waals surface area (Å²) in [5.74, 6) is 0.130. The topological polar surface area (TPSA) is 94.2 Å².